The molecular formula is C13H22BrN3. The van der Waals surface area contributed by atoms with Crippen LogP contribution in [0.25, 0.3) is 0 Å². The summed E-state index contributed by atoms with van der Waals surface area (Å²) in [6, 6.07) is 0.426. The van der Waals surface area contributed by atoms with Crippen LogP contribution in [0.2, 0.25) is 0 Å². The van der Waals surface area contributed by atoms with Gasteiger partial charge in [0.15, 0.2) is 0 Å². The molecule has 0 spiro atoms. The fraction of sp³-hybridized carbons (Fsp3) is 0.769. The van der Waals surface area contributed by atoms with E-state index in [0.29, 0.717) is 6.04 Å². The van der Waals surface area contributed by atoms with Gasteiger partial charge in [0.25, 0.3) is 0 Å². The van der Waals surface area contributed by atoms with Crippen molar-refractivity contribution in [3.05, 3.63) is 16.4 Å². The Morgan fingerprint density at radius 3 is 2.47 bits per heavy atom. The maximum Gasteiger partial charge on any atom is 0.0695 e. The summed E-state index contributed by atoms with van der Waals surface area (Å²) < 4.78 is 3.12. The number of aromatic nitrogens is 2. The zero-order valence-corrected chi connectivity index (χ0v) is 12.3. The van der Waals surface area contributed by atoms with E-state index in [2.05, 4.69) is 33.4 Å². The van der Waals surface area contributed by atoms with Crippen molar-refractivity contribution < 1.29 is 0 Å². The van der Waals surface area contributed by atoms with Crippen LogP contribution < -0.4 is 5.32 Å². The first-order chi connectivity index (χ1) is 8.24. The van der Waals surface area contributed by atoms with E-state index in [-0.39, 0.29) is 0 Å². The van der Waals surface area contributed by atoms with Gasteiger partial charge in [-0.1, -0.05) is 25.7 Å². The first-order valence-electron chi connectivity index (χ1n) is 6.58. The summed E-state index contributed by atoms with van der Waals surface area (Å²) in [4.78, 5) is 0. The van der Waals surface area contributed by atoms with Gasteiger partial charge >= 0.3 is 0 Å². The van der Waals surface area contributed by atoms with E-state index in [0.717, 1.165) is 10.4 Å². The number of hydrogen-bond acceptors (Lipinski definition) is 2. The lowest BCUT2D eigenvalue weighted by atomic mass is 9.90. The lowest BCUT2D eigenvalue weighted by Gasteiger charge is -2.26. The van der Waals surface area contributed by atoms with Crippen molar-refractivity contribution in [1.82, 2.24) is 15.1 Å². The van der Waals surface area contributed by atoms with Crippen molar-refractivity contribution in [3.63, 3.8) is 0 Å². The average Bonchev–Trinajstić information content (AvgIpc) is 2.59. The second-order valence-corrected chi connectivity index (χ2v) is 5.87. The summed E-state index contributed by atoms with van der Waals surface area (Å²) >= 11 is 3.62. The summed E-state index contributed by atoms with van der Waals surface area (Å²) in [5.41, 5.74) is 1.29. The molecule has 0 aliphatic heterocycles. The molecule has 0 bridgehead atoms. The molecule has 1 aliphatic carbocycles. The van der Waals surface area contributed by atoms with Crippen LogP contribution >= 0.6 is 15.9 Å². The monoisotopic (exact) mass is 299 g/mol. The second-order valence-electron chi connectivity index (χ2n) is 5.02. The van der Waals surface area contributed by atoms with E-state index < -0.39 is 0 Å². The molecule has 2 rings (SSSR count). The molecule has 1 fully saturated rings. The topological polar surface area (TPSA) is 29.9 Å². The van der Waals surface area contributed by atoms with E-state index in [1.54, 1.807) is 0 Å². The van der Waals surface area contributed by atoms with Crippen molar-refractivity contribution in [2.45, 2.75) is 44.6 Å². The number of nitrogens with zero attached hydrogens (tertiary/aromatic N) is 2. The molecule has 1 saturated carbocycles. The maximum absolute atomic E-state index is 4.33. The molecule has 0 amide bonds. The molecule has 0 aromatic carbocycles. The fourth-order valence-corrected chi connectivity index (χ4v) is 3.60. The molecule has 3 nitrogen and oxygen atoms in total. The average molecular weight is 300 g/mol. The molecule has 1 aromatic heterocycles. The van der Waals surface area contributed by atoms with Gasteiger partial charge in [-0.2, -0.15) is 5.10 Å². The van der Waals surface area contributed by atoms with Gasteiger partial charge in [-0.05, 0) is 41.7 Å². The molecule has 0 saturated heterocycles. The molecule has 17 heavy (non-hydrogen) atoms. The van der Waals surface area contributed by atoms with Crippen molar-refractivity contribution in [2.24, 2.45) is 13.0 Å². The minimum atomic E-state index is 0.426. The summed E-state index contributed by atoms with van der Waals surface area (Å²) in [7, 11) is 4.09. The summed E-state index contributed by atoms with van der Waals surface area (Å²) in [5.74, 6) is 0.745. The summed E-state index contributed by atoms with van der Waals surface area (Å²) in [6.45, 7) is 0. The number of halogens is 1. The summed E-state index contributed by atoms with van der Waals surface area (Å²) in [5, 5.41) is 7.83. The Morgan fingerprint density at radius 2 is 2.00 bits per heavy atom. The Bertz CT molecular complexity index is 334. The highest BCUT2D eigenvalue weighted by atomic mass is 79.9. The second kappa shape index (κ2) is 6.01. The van der Waals surface area contributed by atoms with Crippen LogP contribution in [0.3, 0.4) is 0 Å². The van der Waals surface area contributed by atoms with E-state index >= 15 is 0 Å². The Kier molecular flexibility index (Phi) is 4.62. The molecule has 1 N–H and O–H groups in total. The van der Waals surface area contributed by atoms with E-state index in [1.165, 1.54) is 44.2 Å². The van der Waals surface area contributed by atoms with Crippen LogP contribution in [0.4, 0.5) is 0 Å². The number of hydrogen-bond donors (Lipinski definition) is 1. The van der Waals surface area contributed by atoms with E-state index in [4.69, 9.17) is 0 Å². The number of rotatable bonds is 3. The number of aryl methyl sites for hydroxylation is 1. The molecule has 1 aromatic rings. The van der Waals surface area contributed by atoms with E-state index in [1.807, 2.05) is 17.9 Å². The molecule has 0 radical (unpaired) electrons. The standard InChI is InChI=1S/C13H22BrN3/c1-15-12(10-7-5-3-4-6-8-10)13-11(14)9-16-17(13)2/h9-10,12,15H,3-8H2,1-2H3. The quantitative estimate of drug-likeness (QED) is 0.867. The fourth-order valence-electron chi connectivity index (χ4n) is 3.01. The van der Waals surface area contributed by atoms with Gasteiger partial charge in [-0.25, -0.2) is 0 Å². The van der Waals surface area contributed by atoms with Crippen molar-refractivity contribution in [2.75, 3.05) is 7.05 Å². The smallest absolute Gasteiger partial charge is 0.0695 e. The van der Waals surface area contributed by atoms with Gasteiger partial charge in [0, 0.05) is 7.05 Å². The van der Waals surface area contributed by atoms with Crippen LogP contribution in [0.1, 0.15) is 50.3 Å². The highest BCUT2D eigenvalue weighted by Crippen LogP contribution is 2.35. The zero-order valence-electron chi connectivity index (χ0n) is 10.7. The molecule has 1 heterocycles. The SMILES string of the molecule is CNC(c1c(Br)cnn1C)C1CCCCCC1. The van der Waals surface area contributed by atoms with Crippen LogP contribution in [0, 0.1) is 5.92 Å². The number of nitrogens with one attached hydrogen (secondary N) is 1. The first kappa shape index (κ1) is 13.1. The van der Waals surface area contributed by atoms with Crippen molar-refractivity contribution in [3.8, 4) is 0 Å². The van der Waals surface area contributed by atoms with Gasteiger partial charge in [0.05, 0.1) is 22.4 Å². The first-order valence-corrected chi connectivity index (χ1v) is 7.38. The Morgan fingerprint density at radius 1 is 1.35 bits per heavy atom. The largest absolute Gasteiger partial charge is 0.311 e. The molecular weight excluding hydrogens is 278 g/mol. The van der Waals surface area contributed by atoms with Crippen LogP contribution in [0.15, 0.2) is 10.7 Å². The van der Waals surface area contributed by atoms with Crippen molar-refractivity contribution in [1.29, 1.82) is 0 Å². The predicted octanol–water partition coefficient (Wildman–Crippen LogP) is 3.41. The van der Waals surface area contributed by atoms with Gasteiger partial charge in [0.1, 0.15) is 0 Å². The third kappa shape index (κ3) is 2.91. The van der Waals surface area contributed by atoms with Gasteiger partial charge in [-0.3, -0.25) is 4.68 Å². The Hall–Kier alpha value is -0.350. The van der Waals surface area contributed by atoms with E-state index in [9.17, 15) is 0 Å². The highest BCUT2D eigenvalue weighted by molar-refractivity contribution is 9.10. The predicted molar refractivity (Wildman–Crippen MR) is 73.9 cm³/mol. The van der Waals surface area contributed by atoms with Crippen molar-refractivity contribution >= 4 is 15.9 Å². The minimum absolute atomic E-state index is 0.426. The van der Waals surface area contributed by atoms with Crippen LogP contribution in [-0.2, 0) is 7.05 Å². The van der Waals surface area contributed by atoms with Gasteiger partial charge < -0.3 is 5.32 Å². The molecule has 96 valence electrons. The van der Waals surface area contributed by atoms with Crippen LogP contribution in [0.5, 0.6) is 0 Å². The Balaban J connectivity index is 2.20. The lowest BCUT2D eigenvalue weighted by Crippen LogP contribution is -2.27. The van der Waals surface area contributed by atoms with Gasteiger partial charge in [-0.15, -0.1) is 0 Å². The lowest BCUT2D eigenvalue weighted by molar-refractivity contribution is 0.327. The zero-order chi connectivity index (χ0) is 12.3. The summed E-state index contributed by atoms with van der Waals surface area (Å²) in [6.07, 6.45) is 10.1. The molecule has 1 aliphatic rings. The third-order valence-electron chi connectivity index (χ3n) is 3.91. The molecule has 1 atom stereocenters. The van der Waals surface area contributed by atoms with Crippen LogP contribution in [-0.4, -0.2) is 16.8 Å². The Labute approximate surface area is 112 Å². The minimum Gasteiger partial charge on any atom is -0.311 e. The third-order valence-corrected chi connectivity index (χ3v) is 4.53. The molecule has 4 heteroatoms. The highest BCUT2D eigenvalue weighted by Gasteiger charge is 2.26. The maximum atomic E-state index is 4.33. The van der Waals surface area contributed by atoms with Gasteiger partial charge in [0.2, 0.25) is 0 Å². The molecule has 1 unspecified atom stereocenters. The normalized spacial score (nSPS) is 20.2.